The van der Waals surface area contributed by atoms with E-state index < -0.39 is 11.6 Å². The predicted octanol–water partition coefficient (Wildman–Crippen LogP) is 3.06. The van der Waals surface area contributed by atoms with Gasteiger partial charge in [0.2, 0.25) is 5.91 Å². The number of rotatable bonds is 4. The number of nitrogens with one attached hydrogen (secondary N) is 2. The molecule has 0 radical (unpaired) electrons. The van der Waals surface area contributed by atoms with E-state index in [1.807, 2.05) is 11.8 Å². The largest absolute Gasteiger partial charge is 0.417 e. The van der Waals surface area contributed by atoms with Gasteiger partial charge in [0.1, 0.15) is 5.82 Å². The number of benzene rings is 2. The number of carbonyl (C=O) groups is 1. The van der Waals surface area contributed by atoms with Crippen molar-refractivity contribution in [2.75, 3.05) is 36.4 Å². The summed E-state index contributed by atoms with van der Waals surface area (Å²) >= 11 is 5.89. The smallest absolute Gasteiger partial charge is 0.408 e. The van der Waals surface area contributed by atoms with E-state index in [2.05, 4.69) is 15.2 Å². The minimum absolute atomic E-state index is 0.00736. The molecule has 3 aromatic rings. The van der Waals surface area contributed by atoms with E-state index in [4.69, 9.17) is 16.0 Å². The summed E-state index contributed by atoms with van der Waals surface area (Å²) in [5, 5.41) is 3.17. The van der Waals surface area contributed by atoms with Crippen molar-refractivity contribution in [3.8, 4) is 0 Å². The van der Waals surface area contributed by atoms with Gasteiger partial charge in [-0.2, -0.15) is 0 Å². The number of aromatic nitrogens is 1. The first kappa shape index (κ1) is 19.3. The molecule has 1 aliphatic heterocycles. The van der Waals surface area contributed by atoms with Crippen molar-refractivity contribution in [3.05, 3.63) is 57.8 Å². The number of hydrogen-bond donors (Lipinski definition) is 2. The molecule has 0 saturated carbocycles. The summed E-state index contributed by atoms with van der Waals surface area (Å²) in [5.74, 6) is -0.979. The van der Waals surface area contributed by atoms with Crippen LogP contribution in [0.1, 0.15) is 6.92 Å². The van der Waals surface area contributed by atoms with Gasteiger partial charge in [-0.05, 0) is 37.3 Å². The second-order valence-corrected chi connectivity index (χ2v) is 7.47. The van der Waals surface area contributed by atoms with Crippen molar-refractivity contribution < 1.29 is 13.6 Å². The molecule has 1 aliphatic rings. The van der Waals surface area contributed by atoms with Crippen LogP contribution in [-0.2, 0) is 4.79 Å². The lowest BCUT2D eigenvalue weighted by atomic mass is 10.1. The fourth-order valence-electron chi connectivity index (χ4n) is 3.58. The number of amides is 1. The molecular weight excluding hydrogens is 399 g/mol. The van der Waals surface area contributed by atoms with Gasteiger partial charge in [-0.1, -0.05) is 11.6 Å². The summed E-state index contributed by atoms with van der Waals surface area (Å²) < 4.78 is 18.4. The number of aromatic amines is 1. The number of piperazine rings is 1. The lowest BCUT2D eigenvalue weighted by molar-refractivity contribution is -0.131. The highest BCUT2D eigenvalue weighted by molar-refractivity contribution is 6.31. The molecule has 0 unspecified atom stereocenters. The molecule has 152 valence electrons. The molecule has 0 bridgehead atoms. The van der Waals surface area contributed by atoms with Gasteiger partial charge in [-0.3, -0.25) is 9.78 Å². The summed E-state index contributed by atoms with van der Waals surface area (Å²) in [4.78, 5) is 30.4. The van der Waals surface area contributed by atoms with Crippen molar-refractivity contribution in [3.63, 3.8) is 0 Å². The summed E-state index contributed by atoms with van der Waals surface area (Å²) in [6.07, 6.45) is 0. The first-order valence-electron chi connectivity index (χ1n) is 9.27. The van der Waals surface area contributed by atoms with Gasteiger partial charge in [0.05, 0.1) is 17.1 Å². The molecule has 0 spiro atoms. The minimum atomic E-state index is -0.512. The molecule has 1 fully saturated rings. The fraction of sp³-hybridized carbons (Fsp3) is 0.300. The fourth-order valence-corrected chi connectivity index (χ4v) is 3.75. The molecule has 2 heterocycles. The third-order valence-electron chi connectivity index (χ3n) is 5.08. The van der Waals surface area contributed by atoms with Gasteiger partial charge in [-0.15, -0.1) is 0 Å². The molecule has 0 aliphatic carbocycles. The van der Waals surface area contributed by atoms with Gasteiger partial charge in [0.15, 0.2) is 5.58 Å². The van der Waals surface area contributed by atoms with Gasteiger partial charge >= 0.3 is 5.76 Å². The highest BCUT2D eigenvalue weighted by Gasteiger charge is 2.27. The van der Waals surface area contributed by atoms with Crippen molar-refractivity contribution in [2.24, 2.45) is 0 Å². The zero-order valence-corrected chi connectivity index (χ0v) is 16.5. The monoisotopic (exact) mass is 418 g/mol. The third-order valence-corrected chi connectivity index (χ3v) is 5.37. The van der Waals surface area contributed by atoms with E-state index in [9.17, 15) is 14.0 Å². The lowest BCUT2D eigenvalue weighted by Gasteiger charge is -2.41. The summed E-state index contributed by atoms with van der Waals surface area (Å²) in [6, 6.07) is 9.84. The lowest BCUT2D eigenvalue weighted by Crippen LogP contribution is -2.55. The minimum Gasteiger partial charge on any atom is -0.408 e. The highest BCUT2D eigenvalue weighted by atomic mass is 35.5. The molecule has 1 saturated heterocycles. The summed E-state index contributed by atoms with van der Waals surface area (Å²) in [6.45, 7) is 3.94. The molecule has 1 aromatic heterocycles. The van der Waals surface area contributed by atoms with Crippen LogP contribution >= 0.6 is 11.6 Å². The Morgan fingerprint density at radius 3 is 2.90 bits per heavy atom. The first-order chi connectivity index (χ1) is 13.9. The maximum Gasteiger partial charge on any atom is 0.417 e. The molecule has 7 nitrogen and oxygen atoms in total. The third kappa shape index (κ3) is 4.07. The Bertz CT molecular complexity index is 1110. The van der Waals surface area contributed by atoms with Crippen LogP contribution in [0.15, 0.2) is 45.6 Å². The summed E-state index contributed by atoms with van der Waals surface area (Å²) in [7, 11) is 0. The van der Waals surface area contributed by atoms with Gasteiger partial charge in [0, 0.05) is 43.1 Å². The van der Waals surface area contributed by atoms with E-state index in [1.165, 1.54) is 6.07 Å². The van der Waals surface area contributed by atoms with Crippen LogP contribution in [0.25, 0.3) is 11.1 Å². The average Bonchev–Trinajstić information content (AvgIpc) is 3.07. The van der Waals surface area contributed by atoms with Crippen LogP contribution in [0.4, 0.5) is 15.8 Å². The molecule has 4 rings (SSSR count). The number of anilines is 2. The molecular formula is C20H20ClFN4O3. The van der Waals surface area contributed by atoms with Crippen molar-refractivity contribution in [1.29, 1.82) is 0 Å². The number of H-pyrrole nitrogens is 1. The quantitative estimate of drug-likeness (QED) is 0.680. The Kier molecular flexibility index (Phi) is 5.19. The molecule has 2 aromatic carbocycles. The van der Waals surface area contributed by atoms with Crippen LogP contribution in [0, 0.1) is 5.82 Å². The number of hydrogen-bond acceptors (Lipinski definition) is 5. The van der Waals surface area contributed by atoms with E-state index in [0.29, 0.717) is 36.4 Å². The Morgan fingerprint density at radius 1 is 1.31 bits per heavy atom. The topological polar surface area (TPSA) is 81.6 Å². The van der Waals surface area contributed by atoms with E-state index in [1.54, 1.807) is 30.3 Å². The SMILES string of the molecule is C[C@@H]1CN(c2ccc(F)c(Cl)c2)CCN1C(=O)CNc1ccc2[nH]c(=O)oc2c1. The van der Waals surface area contributed by atoms with Crippen LogP contribution in [0.5, 0.6) is 0 Å². The van der Waals surface area contributed by atoms with Crippen LogP contribution in [0.3, 0.4) is 0 Å². The second-order valence-electron chi connectivity index (χ2n) is 7.06. The van der Waals surface area contributed by atoms with Gasteiger partial charge in [0.25, 0.3) is 0 Å². The van der Waals surface area contributed by atoms with E-state index >= 15 is 0 Å². The number of nitrogens with zero attached hydrogens (tertiary/aromatic N) is 2. The van der Waals surface area contributed by atoms with E-state index in [0.717, 1.165) is 5.69 Å². The van der Waals surface area contributed by atoms with Crippen molar-refractivity contribution >= 4 is 40.0 Å². The molecule has 9 heteroatoms. The Morgan fingerprint density at radius 2 is 2.14 bits per heavy atom. The molecule has 1 atom stereocenters. The van der Waals surface area contributed by atoms with Crippen LogP contribution in [-0.4, -0.2) is 48.0 Å². The van der Waals surface area contributed by atoms with Crippen LogP contribution in [0.2, 0.25) is 5.02 Å². The van der Waals surface area contributed by atoms with Crippen LogP contribution < -0.4 is 16.0 Å². The van der Waals surface area contributed by atoms with Gasteiger partial charge < -0.3 is 19.5 Å². The zero-order chi connectivity index (χ0) is 20.5. The Labute approximate surface area is 171 Å². The highest BCUT2D eigenvalue weighted by Crippen LogP contribution is 2.25. The standard InChI is InChI=1S/C20H20ClFN4O3/c1-12-11-25(14-3-4-16(22)15(21)9-14)6-7-26(12)19(27)10-23-13-2-5-17-18(8-13)29-20(28)24-17/h2-5,8-9,12,23H,6-7,10-11H2,1H3,(H,24,28)/t12-/m1/s1. The normalized spacial score (nSPS) is 17.0. The molecule has 2 N–H and O–H groups in total. The number of halogens is 2. The first-order valence-corrected chi connectivity index (χ1v) is 9.65. The van der Waals surface area contributed by atoms with Crippen molar-refractivity contribution in [1.82, 2.24) is 9.88 Å². The maximum atomic E-state index is 13.4. The number of fused-ring (bicyclic) bond motifs is 1. The predicted molar refractivity (Wildman–Crippen MR) is 110 cm³/mol. The maximum absolute atomic E-state index is 13.4. The molecule has 1 amide bonds. The van der Waals surface area contributed by atoms with E-state index in [-0.39, 0.29) is 23.5 Å². The Hall–Kier alpha value is -3.00. The van der Waals surface area contributed by atoms with Gasteiger partial charge in [-0.25, -0.2) is 9.18 Å². The number of oxazole rings is 1. The zero-order valence-electron chi connectivity index (χ0n) is 15.7. The summed E-state index contributed by atoms with van der Waals surface area (Å²) in [5.41, 5.74) is 2.58. The number of carbonyl (C=O) groups excluding carboxylic acids is 1. The average molecular weight is 419 g/mol. The second kappa shape index (κ2) is 7.79. The molecule has 29 heavy (non-hydrogen) atoms. The van der Waals surface area contributed by atoms with Crippen molar-refractivity contribution in [2.45, 2.75) is 13.0 Å². The Balaban J connectivity index is 1.36.